The van der Waals surface area contributed by atoms with Crippen molar-refractivity contribution < 1.29 is 0 Å². The summed E-state index contributed by atoms with van der Waals surface area (Å²) >= 11 is 0. The first-order chi connectivity index (χ1) is 11.3. The van der Waals surface area contributed by atoms with Crippen LogP contribution in [0, 0.1) is 0 Å². The van der Waals surface area contributed by atoms with Gasteiger partial charge in [-0.25, -0.2) is 0 Å². The first-order valence-corrected chi connectivity index (χ1v) is 9.93. The van der Waals surface area contributed by atoms with Crippen LogP contribution in [0.4, 0.5) is 0 Å². The number of unbranched alkanes of at least 4 members (excludes halogenated alkanes) is 6. The molecule has 0 nitrogen and oxygen atoms in total. The van der Waals surface area contributed by atoms with E-state index in [9.17, 15) is 0 Å². The zero-order valence-electron chi connectivity index (χ0n) is 16.1. The maximum atomic E-state index is 3.00. The zero-order valence-corrected chi connectivity index (χ0v) is 16.1. The molecule has 0 radical (unpaired) electrons. The molecular formula is C23H40. The lowest BCUT2D eigenvalue weighted by molar-refractivity contribution is 0.678. The summed E-state index contributed by atoms with van der Waals surface area (Å²) in [6, 6.07) is 7.08. The second-order valence-electron chi connectivity index (χ2n) is 6.43. The van der Waals surface area contributed by atoms with Gasteiger partial charge in [-0.3, -0.25) is 0 Å². The highest BCUT2D eigenvalue weighted by Gasteiger charge is 2.08. The molecule has 0 spiro atoms. The number of benzene rings is 1. The van der Waals surface area contributed by atoms with Crippen molar-refractivity contribution in [1.82, 2.24) is 0 Å². The van der Waals surface area contributed by atoms with Crippen LogP contribution in [0.15, 0.2) is 31.4 Å². The summed E-state index contributed by atoms with van der Waals surface area (Å²) in [5.74, 6) is 0. The molecule has 0 fully saturated rings. The van der Waals surface area contributed by atoms with E-state index >= 15 is 0 Å². The normalized spacial score (nSPS) is 10.2. The molecule has 0 saturated heterocycles. The smallest absolute Gasteiger partial charge is 0.0273 e. The summed E-state index contributed by atoms with van der Waals surface area (Å²) in [7, 11) is 0. The highest BCUT2D eigenvalue weighted by Crippen LogP contribution is 2.22. The van der Waals surface area contributed by atoms with E-state index in [-0.39, 0.29) is 0 Å². The second kappa shape index (κ2) is 15.8. The molecule has 1 aromatic carbocycles. The fraction of sp³-hybridized carbons (Fsp3) is 0.652. The minimum Gasteiger partial charge on any atom is -0.106 e. The minimum atomic E-state index is 1.29. The summed E-state index contributed by atoms with van der Waals surface area (Å²) < 4.78 is 0. The Kier molecular flexibility index (Phi) is 15.1. The van der Waals surface area contributed by atoms with Gasteiger partial charge in [-0.15, -0.1) is 13.2 Å². The number of hydrogen-bond donors (Lipinski definition) is 0. The Morgan fingerprint density at radius 3 is 1.39 bits per heavy atom. The molecule has 0 atom stereocenters. The van der Waals surface area contributed by atoms with E-state index in [2.05, 4.69) is 52.1 Å². The molecule has 1 rings (SSSR count). The van der Waals surface area contributed by atoms with Gasteiger partial charge in [-0.05, 0) is 55.2 Å². The van der Waals surface area contributed by atoms with Crippen LogP contribution < -0.4 is 0 Å². The fourth-order valence-corrected chi connectivity index (χ4v) is 3.16. The zero-order chi connectivity index (χ0) is 17.3. The molecule has 0 N–H and O–H groups in total. The van der Waals surface area contributed by atoms with Gasteiger partial charge in [0.05, 0.1) is 0 Å². The van der Waals surface area contributed by atoms with Crippen LogP contribution in [-0.4, -0.2) is 0 Å². The van der Waals surface area contributed by atoms with Crippen molar-refractivity contribution in [2.45, 2.75) is 97.8 Å². The molecule has 0 aliphatic heterocycles. The molecular weight excluding hydrogens is 276 g/mol. The lowest BCUT2D eigenvalue weighted by atomic mass is 9.90. The fourth-order valence-electron chi connectivity index (χ4n) is 3.16. The molecule has 0 heteroatoms. The van der Waals surface area contributed by atoms with E-state index in [4.69, 9.17) is 0 Å². The van der Waals surface area contributed by atoms with E-state index in [0.717, 1.165) is 0 Å². The lowest BCUT2D eigenvalue weighted by Crippen LogP contribution is -2.01. The Morgan fingerprint density at radius 2 is 1.00 bits per heavy atom. The van der Waals surface area contributed by atoms with E-state index in [0.29, 0.717) is 0 Å². The van der Waals surface area contributed by atoms with Crippen LogP contribution in [-0.2, 0) is 19.3 Å². The first kappa shape index (κ1) is 22.0. The Labute approximate surface area is 146 Å². The molecule has 23 heavy (non-hydrogen) atoms. The van der Waals surface area contributed by atoms with Crippen LogP contribution in [0.3, 0.4) is 0 Å². The molecule has 132 valence electrons. The summed E-state index contributed by atoms with van der Waals surface area (Å²) in [5, 5.41) is 0. The van der Waals surface area contributed by atoms with Gasteiger partial charge in [-0.2, -0.15) is 0 Å². The second-order valence-corrected chi connectivity index (χ2v) is 6.43. The standard InChI is InChI=1S/C21H36.C2H4/c1-4-7-10-14-19-16-13-17-20(15-11-8-5-2)21(19)18-12-9-6-3;1-2/h13,16-17H,4-12,14-15,18H2,1-3H3;1-2H2. The molecule has 0 unspecified atom stereocenters. The summed E-state index contributed by atoms with van der Waals surface area (Å²) in [5.41, 5.74) is 5.00. The van der Waals surface area contributed by atoms with E-state index in [1.165, 1.54) is 77.0 Å². The van der Waals surface area contributed by atoms with Gasteiger partial charge in [0.15, 0.2) is 0 Å². The average molecular weight is 317 g/mol. The maximum Gasteiger partial charge on any atom is -0.0273 e. The molecule has 0 aliphatic rings. The van der Waals surface area contributed by atoms with E-state index in [1.807, 2.05) is 0 Å². The van der Waals surface area contributed by atoms with E-state index < -0.39 is 0 Å². The van der Waals surface area contributed by atoms with Crippen LogP contribution in [0.25, 0.3) is 0 Å². The van der Waals surface area contributed by atoms with Crippen molar-refractivity contribution in [1.29, 1.82) is 0 Å². The van der Waals surface area contributed by atoms with Crippen LogP contribution >= 0.6 is 0 Å². The quantitative estimate of drug-likeness (QED) is 0.274. The highest BCUT2D eigenvalue weighted by atomic mass is 14.1. The van der Waals surface area contributed by atoms with Gasteiger partial charge >= 0.3 is 0 Å². The average Bonchev–Trinajstić information content (AvgIpc) is 2.59. The van der Waals surface area contributed by atoms with Gasteiger partial charge < -0.3 is 0 Å². The van der Waals surface area contributed by atoms with E-state index in [1.54, 1.807) is 16.7 Å². The minimum absolute atomic E-state index is 1.29. The van der Waals surface area contributed by atoms with Crippen LogP contribution in [0.5, 0.6) is 0 Å². The van der Waals surface area contributed by atoms with Crippen molar-refractivity contribution in [3.8, 4) is 0 Å². The van der Waals surface area contributed by atoms with Crippen LogP contribution in [0.2, 0.25) is 0 Å². The maximum absolute atomic E-state index is 3.00. The number of hydrogen-bond acceptors (Lipinski definition) is 0. The molecule has 0 bridgehead atoms. The summed E-state index contributed by atoms with van der Waals surface area (Å²) in [6.07, 6.45) is 16.0. The largest absolute Gasteiger partial charge is 0.106 e. The van der Waals surface area contributed by atoms with Crippen molar-refractivity contribution in [2.75, 3.05) is 0 Å². The Bertz CT molecular complexity index is 349. The molecule has 0 saturated carbocycles. The molecule has 1 aromatic rings. The summed E-state index contributed by atoms with van der Waals surface area (Å²) in [4.78, 5) is 0. The van der Waals surface area contributed by atoms with Crippen molar-refractivity contribution in [3.63, 3.8) is 0 Å². The van der Waals surface area contributed by atoms with Gasteiger partial charge in [0.25, 0.3) is 0 Å². The van der Waals surface area contributed by atoms with Gasteiger partial charge in [0.1, 0.15) is 0 Å². The van der Waals surface area contributed by atoms with Crippen molar-refractivity contribution in [3.05, 3.63) is 48.0 Å². The molecule has 0 aromatic heterocycles. The van der Waals surface area contributed by atoms with Crippen molar-refractivity contribution >= 4 is 0 Å². The number of rotatable bonds is 12. The SMILES string of the molecule is C=C.CCCCCc1cccc(CCCCC)c1CCCCC. The highest BCUT2D eigenvalue weighted by molar-refractivity contribution is 5.36. The van der Waals surface area contributed by atoms with Crippen LogP contribution in [0.1, 0.15) is 95.2 Å². The predicted octanol–water partition coefficient (Wildman–Crippen LogP) is 7.69. The topological polar surface area (TPSA) is 0 Å². The number of aryl methyl sites for hydroxylation is 2. The first-order valence-electron chi connectivity index (χ1n) is 9.93. The Balaban J connectivity index is 0.00000232. The predicted molar refractivity (Wildman–Crippen MR) is 107 cm³/mol. The third kappa shape index (κ3) is 9.64. The Morgan fingerprint density at radius 1 is 0.609 bits per heavy atom. The molecule has 0 amide bonds. The van der Waals surface area contributed by atoms with Gasteiger partial charge in [0, 0.05) is 0 Å². The monoisotopic (exact) mass is 316 g/mol. The van der Waals surface area contributed by atoms with Crippen molar-refractivity contribution in [2.24, 2.45) is 0 Å². The lowest BCUT2D eigenvalue weighted by Gasteiger charge is -2.15. The third-order valence-electron chi connectivity index (χ3n) is 4.50. The Hall–Kier alpha value is -1.04. The van der Waals surface area contributed by atoms with Gasteiger partial charge in [0.2, 0.25) is 0 Å². The molecule has 0 aliphatic carbocycles. The molecule has 0 heterocycles. The third-order valence-corrected chi connectivity index (χ3v) is 4.50. The summed E-state index contributed by atoms with van der Waals surface area (Å²) in [6.45, 7) is 12.9. The van der Waals surface area contributed by atoms with Gasteiger partial charge in [-0.1, -0.05) is 77.5 Å².